The number of hydrogen-bond acceptors (Lipinski definition) is 5. The summed E-state index contributed by atoms with van der Waals surface area (Å²) in [5.74, 6) is 0.841. The van der Waals surface area contributed by atoms with Crippen LogP contribution in [0.4, 0.5) is 5.13 Å². The van der Waals surface area contributed by atoms with Gasteiger partial charge in [0.05, 0.1) is 45.3 Å². The minimum atomic E-state index is -0.181. The number of para-hydroxylation sites is 1. The van der Waals surface area contributed by atoms with E-state index >= 15 is 0 Å². The number of fused-ring (bicyclic) bond motifs is 1. The van der Waals surface area contributed by atoms with E-state index in [2.05, 4.69) is 19.1 Å². The van der Waals surface area contributed by atoms with Gasteiger partial charge in [0.1, 0.15) is 11.3 Å². The molecule has 0 saturated heterocycles. The number of methoxy groups -OCH3 is 1. The molecule has 0 saturated carbocycles. The summed E-state index contributed by atoms with van der Waals surface area (Å²) in [4.78, 5) is 20.4. The number of likely N-dealkylation sites (N-methyl/N-ethyl adjacent to an activating group) is 1. The summed E-state index contributed by atoms with van der Waals surface area (Å²) in [5, 5.41) is 0.650. The number of carbonyl (C=O) groups is 1. The van der Waals surface area contributed by atoms with Gasteiger partial charge in [0.15, 0.2) is 10.9 Å². The normalized spacial score (nSPS) is 11.2. The van der Waals surface area contributed by atoms with Gasteiger partial charge in [-0.15, -0.1) is 0 Å². The highest BCUT2D eigenvalue weighted by molar-refractivity contribution is 7.22. The maximum atomic E-state index is 12.8. The monoisotopic (exact) mass is 346 g/mol. The number of nitrogens with zero attached hydrogens (tertiary/aromatic N) is 2. The summed E-state index contributed by atoms with van der Waals surface area (Å²) in [6.45, 7) is 1.36. The van der Waals surface area contributed by atoms with Crippen molar-refractivity contribution >= 4 is 32.6 Å². The van der Waals surface area contributed by atoms with E-state index in [4.69, 9.17) is 9.15 Å². The summed E-state index contributed by atoms with van der Waals surface area (Å²) in [6, 6.07) is 9.15. The molecule has 0 unspecified atom stereocenters. The lowest BCUT2D eigenvalue weighted by molar-refractivity contribution is -0.856. The number of amides is 1. The zero-order valence-corrected chi connectivity index (χ0v) is 14.7. The fraction of sp³-hybridized carbons (Fsp3) is 0.294. The first kappa shape index (κ1) is 16.5. The number of nitrogens with one attached hydrogen (secondary N) is 1. The highest BCUT2D eigenvalue weighted by atomic mass is 32.1. The van der Waals surface area contributed by atoms with Crippen molar-refractivity contribution in [2.45, 2.75) is 0 Å². The summed E-state index contributed by atoms with van der Waals surface area (Å²) in [6.07, 6.45) is 1.50. The third-order valence-electron chi connectivity index (χ3n) is 3.63. The fourth-order valence-corrected chi connectivity index (χ4v) is 3.35. The van der Waals surface area contributed by atoms with E-state index in [0.29, 0.717) is 23.2 Å². The molecule has 3 rings (SSSR count). The molecule has 7 heteroatoms. The maximum absolute atomic E-state index is 12.8. The van der Waals surface area contributed by atoms with E-state index in [1.807, 2.05) is 18.2 Å². The predicted octanol–water partition coefficient (Wildman–Crippen LogP) is 1.69. The van der Waals surface area contributed by atoms with Crippen molar-refractivity contribution in [3.05, 3.63) is 42.4 Å². The molecule has 0 fully saturated rings. The van der Waals surface area contributed by atoms with Gasteiger partial charge in [-0.25, -0.2) is 4.98 Å². The molecule has 2 heterocycles. The largest absolute Gasteiger partial charge is 0.494 e. The van der Waals surface area contributed by atoms with Crippen molar-refractivity contribution in [3.63, 3.8) is 0 Å². The summed E-state index contributed by atoms with van der Waals surface area (Å²) < 4.78 is 11.6. The van der Waals surface area contributed by atoms with Gasteiger partial charge in [-0.1, -0.05) is 17.4 Å². The van der Waals surface area contributed by atoms with E-state index in [1.165, 1.54) is 22.5 Å². The minimum Gasteiger partial charge on any atom is -0.494 e. The van der Waals surface area contributed by atoms with Crippen LogP contribution in [-0.2, 0) is 0 Å². The summed E-state index contributed by atoms with van der Waals surface area (Å²) >= 11 is 1.48. The van der Waals surface area contributed by atoms with Gasteiger partial charge in [-0.05, 0) is 24.3 Å². The van der Waals surface area contributed by atoms with Crippen LogP contribution in [0.1, 0.15) is 10.6 Å². The number of benzene rings is 1. The number of hydrogen-bond donors (Lipinski definition) is 1. The molecule has 24 heavy (non-hydrogen) atoms. The van der Waals surface area contributed by atoms with Crippen molar-refractivity contribution in [1.82, 2.24) is 4.98 Å². The average molecular weight is 346 g/mol. The highest BCUT2D eigenvalue weighted by Gasteiger charge is 2.24. The second kappa shape index (κ2) is 7.02. The molecule has 0 atom stereocenters. The number of ether oxygens (including phenoxy) is 1. The molecule has 0 aliphatic rings. The number of quaternary nitrogens is 1. The first-order valence-corrected chi connectivity index (χ1v) is 8.49. The van der Waals surface area contributed by atoms with E-state index in [9.17, 15) is 4.79 Å². The lowest BCUT2D eigenvalue weighted by Crippen LogP contribution is -3.06. The van der Waals surface area contributed by atoms with Crippen LogP contribution < -0.4 is 14.5 Å². The Hall–Kier alpha value is -2.38. The van der Waals surface area contributed by atoms with Crippen molar-refractivity contribution in [2.75, 3.05) is 39.2 Å². The summed E-state index contributed by atoms with van der Waals surface area (Å²) in [7, 11) is 5.73. The Kier molecular flexibility index (Phi) is 4.82. The van der Waals surface area contributed by atoms with Gasteiger partial charge >= 0.3 is 0 Å². The second-order valence-corrected chi connectivity index (χ2v) is 6.70. The molecule has 0 bridgehead atoms. The number of anilines is 1. The minimum absolute atomic E-state index is 0.181. The van der Waals surface area contributed by atoms with Crippen LogP contribution in [-0.4, -0.2) is 45.2 Å². The summed E-state index contributed by atoms with van der Waals surface area (Å²) in [5.41, 5.74) is 0.773. The smallest absolute Gasteiger partial charge is 0.295 e. The standard InChI is InChI=1S/C17H19N3O3S/c1-19(2)9-10-20(16(21)13-7-5-11-23-13)17-18-15-12(22-3)6-4-8-14(15)24-17/h4-8,11H,9-10H2,1-3H3/p+1. The van der Waals surface area contributed by atoms with Crippen LogP contribution >= 0.6 is 11.3 Å². The highest BCUT2D eigenvalue weighted by Crippen LogP contribution is 2.34. The van der Waals surface area contributed by atoms with E-state index in [-0.39, 0.29) is 5.91 Å². The van der Waals surface area contributed by atoms with Crippen LogP contribution in [0.5, 0.6) is 5.75 Å². The molecule has 1 aromatic carbocycles. The Balaban J connectivity index is 2.00. The molecule has 0 radical (unpaired) electrons. The molecule has 0 aliphatic heterocycles. The van der Waals surface area contributed by atoms with Crippen LogP contribution in [0.2, 0.25) is 0 Å². The Labute approximate surface area is 144 Å². The third kappa shape index (κ3) is 3.27. The van der Waals surface area contributed by atoms with Crippen LogP contribution in [0.25, 0.3) is 10.2 Å². The van der Waals surface area contributed by atoms with Crippen molar-refractivity contribution in [3.8, 4) is 5.75 Å². The molecule has 3 aromatic rings. The van der Waals surface area contributed by atoms with Crippen molar-refractivity contribution in [1.29, 1.82) is 0 Å². The molecule has 6 nitrogen and oxygen atoms in total. The van der Waals surface area contributed by atoms with Gasteiger partial charge in [0.25, 0.3) is 5.91 Å². The molecule has 0 aliphatic carbocycles. The van der Waals surface area contributed by atoms with Crippen LogP contribution in [0.3, 0.4) is 0 Å². The van der Waals surface area contributed by atoms with Gasteiger partial charge in [-0.3, -0.25) is 9.69 Å². The van der Waals surface area contributed by atoms with E-state index in [1.54, 1.807) is 24.1 Å². The van der Waals surface area contributed by atoms with Crippen molar-refractivity contribution < 1.29 is 18.8 Å². The quantitative estimate of drug-likeness (QED) is 0.738. The fourth-order valence-electron chi connectivity index (χ4n) is 2.34. The number of rotatable bonds is 6. The van der Waals surface area contributed by atoms with E-state index < -0.39 is 0 Å². The molecule has 1 N–H and O–H groups in total. The predicted molar refractivity (Wildman–Crippen MR) is 94.2 cm³/mol. The zero-order valence-electron chi connectivity index (χ0n) is 13.9. The number of carbonyl (C=O) groups excluding carboxylic acids is 1. The van der Waals surface area contributed by atoms with Gasteiger partial charge in [0.2, 0.25) is 0 Å². The number of thiazole rings is 1. The van der Waals surface area contributed by atoms with Gasteiger partial charge in [0, 0.05) is 0 Å². The SMILES string of the molecule is COc1cccc2sc(N(CC[NH+](C)C)C(=O)c3ccco3)nc12. The maximum Gasteiger partial charge on any atom is 0.295 e. The van der Waals surface area contributed by atoms with Gasteiger partial charge in [-0.2, -0.15) is 0 Å². The Morgan fingerprint density at radius 2 is 2.17 bits per heavy atom. The Bertz CT molecular complexity index is 827. The second-order valence-electron chi connectivity index (χ2n) is 5.69. The Morgan fingerprint density at radius 1 is 1.33 bits per heavy atom. The molecular weight excluding hydrogens is 326 g/mol. The first-order chi connectivity index (χ1) is 11.6. The zero-order chi connectivity index (χ0) is 17.1. The van der Waals surface area contributed by atoms with Crippen molar-refractivity contribution in [2.24, 2.45) is 0 Å². The first-order valence-electron chi connectivity index (χ1n) is 7.68. The molecule has 2 aromatic heterocycles. The van der Waals surface area contributed by atoms with E-state index in [0.717, 1.165) is 16.8 Å². The molecular formula is C17H20N3O3S+. The lowest BCUT2D eigenvalue weighted by Gasteiger charge is -2.19. The molecule has 126 valence electrons. The molecule has 1 amide bonds. The van der Waals surface area contributed by atoms with Gasteiger partial charge < -0.3 is 14.1 Å². The Morgan fingerprint density at radius 3 is 2.83 bits per heavy atom. The van der Waals surface area contributed by atoms with Crippen LogP contribution in [0, 0.1) is 0 Å². The van der Waals surface area contributed by atoms with Crippen LogP contribution in [0.15, 0.2) is 41.0 Å². The lowest BCUT2D eigenvalue weighted by atomic mass is 10.3. The molecule has 0 spiro atoms. The third-order valence-corrected chi connectivity index (χ3v) is 4.68. The number of furan rings is 1. The topological polar surface area (TPSA) is 60.0 Å². The number of aromatic nitrogens is 1. The average Bonchev–Trinajstić information content (AvgIpc) is 3.23.